The fraction of sp³-hybridized carbons (Fsp3) is 0.385. The maximum absolute atomic E-state index is 3.66. The van der Waals surface area contributed by atoms with Crippen molar-refractivity contribution in [2.45, 2.75) is 80.3 Å². The number of aryl methyl sites for hydroxylation is 2. The summed E-state index contributed by atoms with van der Waals surface area (Å²) in [5.74, 6) is 1.36. The molecular weight excluding hydrogens is 538 g/mol. The smallest absolute Gasteiger partial charge is 0.0409 e. The number of hydrogen-bond acceptors (Lipinski definition) is 5. The van der Waals surface area contributed by atoms with E-state index >= 15 is 0 Å². The van der Waals surface area contributed by atoms with Crippen LogP contribution in [0.2, 0.25) is 0 Å². The second-order valence-corrected chi connectivity index (χ2v) is 13.3. The Hall–Kier alpha value is -4.12. The molecule has 0 saturated heterocycles. The molecule has 4 rings (SSSR count). The van der Waals surface area contributed by atoms with Gasteiger partial charge in [-0.2, -0.15) is 0 Å². The van der Waals surface area contributed by atoms with Gasteiger partial charge in [-0.1, -0.05) is 27.7 Å². The Morgan fingerprint density at radius 3 is 1.16 bits per heavy atom. The number of nitrogens with zero attached hydrogens (tertiary/aromatic N) is 1. The van der Waals surface area contributed by atoms with Gasteiger partial charge in [0.2, 0.25) is 0 Å². The summed E-state index contributed by atoms with van der Waals surface area (Å²) >= 11 is 0. The average molecular weight is 592 g/mol. The van der Waals surface area contributed by atoms with Crippen molar-refractivity contribution in [3.63, 3.8) is 0 Å². The fourth-order valence-corrected chi connectivity index (χ4v) is 5.89. The highest BCUT2D eigenvalue weighted by atomic mass is 15.1. The highest BCUT2D eigenvalue weighted by molar-refractivity contribution is 5.71. The lowest BCUT2D eigenvalue weighted by Gasteiger charge is -2.21. The van der Waals surface area contributed by atoms with Crippen LogP contribution in [0.3, 0.4) is 0 Å². The molecule has 0 aromatic heterocycles. The van der Waals surface area contributed by atoms with Crippen LogP contribution < -0.4 is 26.2 Å². The molecule has 5 nitrogen and oxygen atoms in total. The monoisotopic (exact) mass is 591 g/mol. The van der Waals surface area contributed by atoms with E-state index in [4.69, 9.17) is 0 Å². The third-order valence-electron chi connectivity index (χ3n) is 7.99. The van der Waals surface area contributed by atoms with E-state index in [0.29, 0.717) is 23.9 Å². The molecule has 0 spiro atoms. The van der Waals surface area contributed by atoms with Gasteiger partial charge in [0, 0.05) is 64.6 Å². The molecular formula is C39H53N5. The molecule has 5 heteroatoms. The Morgan fingerprint density at radius 1 is 0.500 bits per heavy atom. The lowest BCUT2D eigenvalue weighted by Crippen LogP contribution is -2.18. The minimum atomic E-state index is 0.456. The molecule has 234 valence electrons. The van der Waals surface area contributed by atoms with E-state index in [1.165, 1.54) is 22.5 Å². The highest BCUT2D eigenvalue weighted by Gasteiger charge is 2.10. The molecule has 2 unspecified atom stereocenters. The van der Waals surface area contributed by atoms with Crippen LogP contribution in [0.1, 0.15) is 65.5 Å². The third-order valence-corrected chi connectivity index (χ3v) is 7.99. The number of rotatable bonds is 14. The van der Waals surface area contributed by atoms with Gasteiger partial charge in [-0.25, -0.2) is 0 Å². The predicted molar refractivity (Wildman–Crippen MR) is 195 cm³/mol. The van der Waals surface area contributed by atoms with Gasteiger partial charge in [-0.05, 0) is 148 Å². The van der Waals surface area contributed by atoms with Crippen LogP contribution in [-0.4, -0.2) is 19.1 Å². The summed E-state index contributed by atoms with van der Waals surface area (Å²) in [7, 11) is 2.11. The maximum Gasteiger partial charge on any atom is 0.0409 e. The van der Waals surface area contributed by atoms with Crippen molar-refractivity contribution in [1.82, 2.24) is 0 Å². The average Bonchev–Trinajstić information content (AvgIpc) is 2.96. The van der Waals surface area contributed by atoms with Crippen molar-refractivity contribution < 1.29 is 0 Å². The molecule has 4 aromatic rings. The second kappa shape index (κ2) is 15.1. The number of hydrogen-bond donors (Lipinski definition) is 4. The van der Waals surface area contributed by atoms with Gasteiger partial charge in [0.25, 0.3) is 0 Å². The summed E-state index contributed by atoms with van der Waals surface area (Å²) in [6, 6.07) is 31.2. The van der Waals surface area contributed by atoms with Gasteiger partial charge in [0.15, 0.2) is 0 Å². The summed E-state index contributed by atoms with van der Waals surface area (Å²) in [5, 5.41) is 14.4. The highest BCUT2D eigenvalue weighted by Crippen LogP contribution is 2.30. The zero-order valence-corrected chi connectivity index (χ0v) is 28.3. The Bertz CT molecular complexity index is 1360. The van der Waals surface area contributed by atoms with Crippen molar-refractivity contribution in [1.29, 1.82) is 0 Å². The molecule has 0 fully saturated rings. The van der Waals surface area contributed by atoms with E-state index in [1.807, 2.05) is 0 Å². The van der Waals surface area contributed by atoms with Crippen LogP contribution in [0.5, 0.6) is 0 Å². The molecule has 0 saturated carbocycles. The molecule has 0 amide bonds. The third kappa shape index (κ3) is 9.44. The van der Waals surface area contributed by atoms with E-state index < -0.39 is 0 Å². The van der Waals surface area contributed by atoms with Crippen molar-refractivity contribution in [3.8, 4) is 0 Å². The maximum atomic E-state index is 3.66. The lowest BCUT2D eigenvalue weighted by molar-refractivity contribution is 0.539. The molecule has 0 bridgehead atoms. The molecule has 0 aliphatic carbocycles. The van der Waals surface area contributed by atoms with Crippen LogP contribution in [0, 0.1) is 25.7 Å². The van der Waals surface area contributed by atoms with E-state index in [9.17, 15) is 0 Å². The Kier molecular flexibility index (Phi) is 11.2. The van der Waals surface area contributed by atoms with E-state index in [1.54, 1.807) is 0 Å². The first-order chi connectivity index (χ1) is 21.0. The Morgan fingerprint density at radius 2 is 0.841 bits per heavy atom. The van der Waals surface area contributed by atoms with Gasteiger partial charge >= 0.3 is 0 Å². The van der Waals surface area contributed by atoms with Gasteiger partial charge in [0.1, 0.15) is 0 Å². The Balaban J connectivity index is 1.33. The minimum absolute atomic E-state index is 0.456. The van der Waals surface area contributed by atoms with Crippen LogP contribution in [-0.2, 0) is 0 Å². The molecule has 4 N–H and O–H groups in total. The first-order valence-electron chi connectivity index (χ1n) is 16.2. The number of nitrogens with one attached hydrogen (secondary N) is 4. The molecule has 2 atom stereocenters. The number of anilines is 8. The largest absolute Gasteiger partial charge is 0.382 e. The molecule has 0 aliphatic rings. The van der Waals surface area contributed by atoms with E-state index in [-0.39, 0.29) is 0 Å². The topological polar surface area (TPSA) is 51.4 Å². The van der Waals surface area contributed by atoms with Crippen LogP contribution >= 0.6 is 0 Å². The van der Waals surface area contributed by atoms with Crippen molar-refractivity contribution in [3.05, 3.63) is 96.1 Å². The molecule has 44 heavy (non-hydrogen) atoms. The number of benzene rings is 4. The lowest BCUT2D eigenvalue weighted by atomic mass is 10.0. The SMILES string of the molecule is Cc1cc(Nc2ccc(N(C)c3ccc(Nc4ccc(NC(C)CC(C)C)c(C)c4)cc3)cc2)ccc1NC(C)CC(C)C. The normalized spacial score (nSPS) is 12.6. The second-order valence-electron chi connectivity index (χ2n) is 13.3. The summed E-state index contributed by atoms with van der Waals surface area (Å²) < 4.78 is 0. The van der Waals surface area contributed by atoms with Gasteiger partial charge in [-0.15, -0.1) is 0 Å². The standard InChI is InChI=1S/C39H53N5/c1-26(2)22-30(7)40-38-20-14-34(24-28(38)5)42-32-10-16-36(17-11-32)44(9)37-18-12-33(13-19-37)43-35-15-21-39(29(6)25-35)41-31(8)23-27(3)4/h10-21,24-27,30-31,40-43H,22-23H2,1-9H3. The van der Waals surface area contributed by atoms with Gasteiger partial charge < -0.3 is 26.2 Å². The van der Waals surface area contributed by atoms with Crippen LogP contribution in [0.15, 0.2) is 84.9 Å². The summed E-state index contributed by atoms with van der Waals surface area (Å²) in [4.78, 5) is 2.21. The van der Waals surface area contributed by atoms with E-state index in [2.05, 4.69) is 174 Å². The summed E-state index contributed by atoms with van der Waals surface area (Å²) in [5.41, 5.74) is 11.5. The first kappa shape index (κ1) is 32.8. The minimum Gasteiger partial charge on any atom is -0.382 e. The van der Waals surface area contributed by atoms with Crippen LogP contribution in [0.25, 0.3) is 0 Å². The zero-order chi connectivity index (χ0) is 31.8. The zero-order valence-electron chi connectivity index (χ0n) is 28.3. The first-order valence-corrected chi connectivity index (χ1v) is 16.2. The van der Waals surface area contributed by atoms with Crippen LogP contribution in [0.4, 0.5) is 45.5 Å². The molecule has 0 aliphatic heterocycles. The molecule has 0 heterocycles. The summed E-state index contributed by atoms with van der Waals surface area (Å²) in [6.07, 6.45) is 2.32. The molecule has 4 aromatic carbocycles. The molecule has 0 radical (unpaired) electrons. The fourth-order valence-electron chi connectivity index (χ4n) is 5.89. The Labute approximate surface area is 266 Å². The van der Waals surface area contributed by atoms with E-state index in [0.717, 1.165) is 47.0 Å². The van der Waals surface area contributed by atoms with Gasteiger partial charge in [-0.3, -0.25) is 0 Å². The summed E-state index contributed by atoms with van der Waals surface area (Å²) in [6.45, 7) is 17.9. The van der Waals surface area contributed by atoms with Crippen molar-refractivity contribution in [2.24, 2.45) is 11.8 Å². The predicted octanol–water partition coefficient (Wildman–Crippen LogP) is 11.3. The van der Waals surface area contributed by atoms with Crippen molar-refractivity contribution in [2.75, 3.05) is 33.2 Å². The quantitative estimate of drug-likeness (QED) is 0.117. The van der Waals surface area contributed by atoms with Gasteiger partial charge in [0.05, 0.1) is 0 Å². The van der Waals surface area contributed by atoms with Crippen molar-refractivity contribution >= 4 is 45.5 Å².